The van der Waals surface area contributed by atoms with E-state index in [-0.39, 0.29) is 0 Å². The Morgan fingerprint density at radius 2 is 2.00 bits per heavy atom. The zero-order valence-corrected chi connectivity index (χ0v) is 12.1. The van der Waals surface area contributed by atoms with Gasteiger partial charge in [0.25, 0.3) is 0 Å². The van der Waals surface area contributed by atoms with E-state index in [1.54, 1.807) is 7.11 Å². The average Bonchev–Trinajstić information content (AvgIpc) is 2.38. The third kappa shape index (κ3) is 3.26. The molecule has 0 aromatic heterocycles. The molecule has 0 radical (unpaired) electrons. The van der Waals surface area contributed by atoms with Gasteiger partial charge in [-0.3, -0.25) is 0 Å². The van der Waals surface area contributed by atoms with E-state index in [0.717, 1.165) is 22.5 Å². The molecule has 94 valence electrons. The van der Waals surface area contributed by atoms with Crippen LogP contribution in [0.2, 0.25) is 0 Å². The minimum absolute atomic E-state index is 0.765. The summed E-state index contributed by atoms with van der Waals surface area (Å²) in [6.45, 7) is 2.86. The Bertz CT molecular complexity index is 540. The highest BCUT2D eigenvalue weighted by atomic mass is 79.9. The molecule has 18 heavy (non-hydrogen) atoms. The van der Waals surface area contributed by atoms with Crippen LogP contribution in [0, 0.1) is 6.92 Å². The molecule has 2 nitrogen and oxygen atoms in total. The monoisotopic (exact) mass is 305 g/mol. The van der Waals surface area contributed by atoms with Crippen LogP contribution < -0.4 is 10.1 Å². The lowest BCUT2D eigenvalue weighted by molar-refractivity contribution is 0.414. The highest BCUT2D eigenvalue weighted by molar-refractivity contribution is 9.10. The minimum atomic E-state index is 0.765. The number of anilines is 1. The van der Waals surface area contributed by atoms with Crippen molar-refractivity contribution in [1.82, 2.24) is 0 Å². The lowest BCUT2D eigenvalue weighted by Gasteiger charge is -2.10. The van der Waals surface area contributed by atoms with Gasteiger partial charge in [-0.05, 0) is 48.4 Å². The van der Waals surface area contributed by atoms with Crippen LogP contribution in [0.5, 0.6) is 5.75 Å². The van der Waals surface area contributed by atoms with E-state index in [4.69, 9.17) is 4.74 Å². The summed E-state index contributed by atoms with van der Waals surface area (Å²) in [5, 5.41) is 3.41. The van der Waals surface area contributed by atoms with Gasteiger partial charge < -0.3 is 10.1 Å². The van der Waals surface area contributed by atoms with Crippen molar-refractivity contribution >= 4 is 21.6 Å². The zero-order chi connectivity index (χ0) is 13.0. The van der Waals surface area contributed by atoms with Gasteiger partial charge in [0.2, 0.25) is 0 Å². The summed E-state index contributed by atoms with van der Waals surface area (Å²) in [7, 11) is 1.68. The molecule has 2 rings (SSSR count). The summed E-state index contributed by atoms with van der Waals surface area (Å²) in [5.74, 6) is 0.874. The van der Waals surface area contributed by atoms with E-state index < -0.39 is 0 Å². The van der Waals surface area contributed by atoms with Crippen LogP contribution in [0.25, 0.3) is 0 Å². The standard InChI is InChI=1S/C15H16BrNO/c1-11-4-3-5-13(8-11)17-10-12-9-14(18-2)6-7-15(12)16/h3-9,17H,10H2,1-2H3. The second kappa shape index (κ2) is 5.91. The minimum Gasteiger partial charge on any atom is -0.497 e. The summed E-state index contributed by atoms with van der Waals surface area (Å²) >= 11 is 3.55. The first kappa shape index (κ1) is 13.0. The van der Waals surface area contributed by atoms with E-state index in [9.17, 15) is 0 Å². The SMILES string of the molecule is COc1ccc(Br)c(CNc2cccc(C)c2)c1. The third-order valence-electron chi connectivity index (χ3n) is 2.75. The molecule has 1 N–H and O–H groups in total. The van der Waals surface area contributed by atoms with Crippen molar-refractivity contribution in [2.45, 2.75) is 13.5 Å². The molecule has 0 amide bonds. The molecule has 0 saturated heterocycles. The number of benzene rings is 2. The lowest BCUT2D eigenvalue weighted by atomic mass is 10.2. The van der Waals surface area contributed by atoms with Gasteiger partial charge in [-0.15, -0.1) is 0 Å². The van der Waals surface area contributed by atoms with E-state index in [1.807, 2.05) is 18.2 Å². The molecule has 3 heteroatoms. The van der Waals surface area contributed by atoms with Crippen LogP contribution in [0.3, 0.4) is 0 Å². The number of halogens is 1. The molecule has 0 aliphatic heterocycles. The normalized spacial score (nSPS) is 10.2. The maximum absolute atomic E-state index is 5.23. The Morgan fingerprint density at radius 3 is 2.72 bits per heavy atom. The van der Waals surface area contributed by atoms with Crippen LogP contribution >= 0.6 is 15.9 Å². The van der Waals surface area contributed by atoms with Gasteiger partial charge in [-0.25, -0.2) is 0 Å². The Labute approximate surface area is 116 Å². The van der Waals surface area contributed by atoms with Gasteiger partial charge in [-0.1, -0.05) is 28.1 Å². The molecule has 0 fully saturated rings. The number of hydrogen-bond donors (Lipinski definition) is 1. The molecule has 0 bridgehead atoms. The first-order valence-electron chi connectivity index (χ1n) is 5.82. The number of hydrogen-bond acceptors (Lipinski definition) is 2. The van der Waals surface area contributed by atoms with Crippen LogP contribution in [0.15, 0.2) is 46.9 Å². The maximum atomic E-state index is 5.23. The van der Waals surface area contributed by atoms with Crippen molar-refractivity contribution < 1.29 is 4.74 Å². The maximum Gasteiger partial charge on any atom is 0.119 e. The predicted octanol–water partition coefficient (Wildman–Crippen LogP) is 4.38. The Hall–Kier alpha value is -1.48. The van der Waals surface area contributed by atoms with Crippen molar-refractivity contribution in [3.8, 4) is 5.75 Å². The van der Waals surface area contributed by atoms with Gasteiger partial charge in [0.05, 0.1) is 7.11 Å². The molecule has 0 saturated carbocycles. The number of aryl methyl sites for hydroxylation is 1. The van der Waals surface area contributed by atoms with Crippen molar-refractivity contribution in [3.05, 3.63) is 58.1 Å². The van der Waals surface area contributed by atoms with E-state index in [1.165, 1.54) is 11.1 Å². The zero-order valence-electron chi connectivity index (χ0n) is 10.5. The summed E-state index contributed by atoms with van der Waals surface area (Å²) < 4.78 is 6.32. The summed E-state index contributed by atoms with van der Waals surface area (Å²) in [5.41, 5.74) is 3.56. The van der Waals surface area contributed by atoms with Crippen LogP contribution in [-0.4, -0.2) is 7.11 Å². The van der Waals surface area contributed by atoms with Crippen LogP contribution in [0.4, 0.5) is 5.69 Å². The third-order valence-corrected chi connectivity index (χ3v) is 3.53. The fourth-order valence-corrected chi connectivity index (χ4v) is 2.15. The first-order chi connectivity index (χ1) is 8.69. The van der Waals surface area contributed by atoms with E-state index in [2.05, 4.69) is 52.4 Å². The van der Waals surface area contributed by atoms with Crippen LogP contribution in [0.1, 0.15) is 11.1 Å². The van der Waals surface area contributed by atoms with Crippen molar-refractivity contribution in [1.29, 1.82) is 0 Å². The fourth-order valence-electron chi connectivity index (χ4n) is 1.77. The molecule has 2 aromatic rings. The molecular weight excluding hydrogens is 290 g/mol. The second-order valence-corrected chi connectivity index (χ2v) is 5.03. The first-order valence-corrected chi connectivity index (χ1v) is 6.61. The smallest absolute Gasteiger partial charge is 0.119 e. The number of ether oxygens (including phenoxy) is 1. The average molecular weight is 306 g/mol. The van der Waals surface area contributed by atoms with Crippen LogP contribution in [-0.2, 0) is 6.54 Å². The van der Waals surface area contributed by atoms with Gasteiger partial charge >= 0.3 is 0 Å². The summed E-state index contributed by atoms with van der Waals surface area (Å²) in [6.07, 6.45) is 0. The molecule has 0 unspecified atom stereocenters. The molecule has 0 aliphatic carbocycles. The number of nitrogens with one attached hydrogen (secondary N) is 1. The topological polar surface area (TPSA) is 21.3 Å². The van der Waals surface area contributed by atoms with Crippen molar-refractivity contribution in [2.75, 3.05) is 12.4 Å². The van der Waals surface area contributed by atoms with Gasteiger partial charge in [0.1, 0.15) is 5.75 Å². The van der Waals surface area contributed by atoms with Gasteiger partial charge in [0, 0.05) is 16.7 Å². The number of rotatable bonds is 4. The Kier molecular flexibility index (Phi) is 4.26. The molecule has 0 aliphatic rings. The highest BCUT2D eigenvalue weighted by Crippen LogP contribution is 2.23. The van der Waals surface area contributed by atoms with Gasteiger partial charge in [-0.2, -0.15) is 0 Å². The van der Waals surface area contributed by atoms with Gasteiger partial charge in [0.15, 0.2) is 0 Å². The lowest BCUT2D eigenvalue weighted by Crippen LogP contribution is -2.00. The molecule has 0 spiro atoms. The fraction of sp³-hybridized carbons (Fsp3) is 0.200. The highest BCUT2D eigenvalue weighted by Gasteiger charge is 2.02. The Balaban J connectivity index is 2.10. The van der Waals surface area contributed by atoms with E-state index in [0.29, 0.717) is 0 Å². The van der Waals surface area contributed by atoms with Crippen molar-refractivity contribution in [3.63, 3.8) is 0 Å². The largest absolute Gasteiger partial charge is 0.497 e. The van der Waals surface area contributed by atoms with E-state index >= 15 is 0 Å². The predicted molar refractivity (Wildman–Crippen MR) is 79.2 cm³/mol. The Morgan fingerprint density at radius 1 is 1.17 bits per heavy atom. The second-order valence-electron chi connectivity index (χ2n) is 4.18. The molecule has 0 heterocycles. The summed E-state index contributed by atoms with van der Waals surface area (Å²) in [6, 6.07) is 14.3. The van der Waals surface area contributed by atoms with Crippen molar-refractivity contribution in [2.24, 2.45) is 0 Å². The molecule has 0 atom stereocenters. The molecular formula is C15H16BrNO. The summed E-state index contributed by atoms with van der Waals surface area (Å²) in [4.78, 5) is 0. The quantitative estimate of drug-likeness (QED) is 0.905. The molecule has 2 aromatic carbocycles. The number of methoxy groups -OCH3 is 1.